The molecular formula is C23H25ClN4O4S. The maximum absolute atomic E-state index is 12.5. The van der Waals surface area contributed by atoms with E-state index >= 15 is 0 Å². The number of methoxy groups -OCH3 is 3. The fourth-order valence-electron chi connectivity index (χ4n) is 3.17. The van der Waals surface area contributed by atoms with Crippen LogP contribution in [0.15, 0.2) is 48.1 Å². The highest BCUT2D eigenvalue weighted by Gasteiger charge is 2.20. The zero-order valence-corrected chi connectivity index (χ0v) is 20.4. The predicted molar refractivity (Wildman–Crippen MR) is 131 cm³/mol. The molecule has 1 amide bonds. The summed E-state index contributed by atoms with van der Waals surface area (Å²) in [7, 11) is 4.65. The summed E-state index contributed by atoms with van der Waals surface area (Å²) in [6.07, 6.45) is 1.74. The largest absolute Gasteiger partial charge is 0.493 e. The standard InChI is InChI=1S/C23H25ClN4O4S/c1-6-10-28-22(15-11-18(30-3)21(32-5)19(12-15)31-4)26-27-23(28)33-13-20(29)25-17-9-7-8-16(24)14(17)2/h6-9,11-12H,1,10,13H2,2-5H3,(H,25,29). The molecule has 0 fully saturated rings. The van der Waals surface area contributed by atoms with Crippen LogP contribution in [0.3, 0.4) is 0 Å². The molecule has 3 aromatic rings. The van der Waals surface area contributed by atoms with E-state index in [1.807, 2.05) is 17.6 Å². The van der Waals surface area contributed by atoms with Gasteiger partial charge in [0.1, 0.15) is 0 Å². The summed E-state index contributed by atoms with van der Waals surface area (Å²) in [5, 5.41) is 12.7. The normalized spacial score (nSPS) is 10.6. The Balaban J connectivity index is 1.85. The molecule has 1 aromatic heterocycles. The Labute approximate surface area is 201 Å². The Morgan fingerprint density at radius 3 is 2.48 bits per heavy atom. The van der Waals surface area contributed by atoms with Gasteiger partial charge in [-0.1, -0.05) is 35.5 Å². The van der Waals surface area contributed by atoms with Crippen molar-refractivity contribution < 1.29 is 19.0 Å². The van der Waals surface area contributed by atoms with Gasteiger partial charge < -0.3 is 19.5 Å². The minimum absolute atomic E-state index is 0.149. The molecule has 0 spiro atoms. The van der Waals surface area contributed by atoms with Crippen molar-refractivity contribution in [3.63, 3.8) is 0 Å². The summed E-state index contributed by atoms with van der Waals surface area (Å²) in [6, 6.07) is 8.99. The van der Waals surface area contributed by atoms with Crippen LogP contribution in [0.25, 0.3) is 11.4 Å². The molecule has 0 saturated carbocycles. The van der Waals surface area contributed by atoms with Crippen LogP contribution < -0.4 is 19.5 Å². The van der Waals surface area contributed by atoms with Crippen LogP contribution in [0.5, 0.6) is 17.2 Å². The number of carbonyl (C=O) groups excluding carboxylic acids is 1. The van der Waals surface area contributed by atoms with Crippen molar-refractivity contribution in [1.29, 1.82) is 0 Å². The number of hydrogen-bond acceptors (Lipinski definition) is 7. The number of allylic oxidation sites excluding steroid dienone is 1. The molecular weight excluding hydrogens is 464 g/mol. The summed E-state index contributed by atoms with van der Waals surface area (Å²) in [5.74, 6) is 2.06. The molecule has 0 aliphatic heterocycles. The fourth-order valence-corrected chi connectivity index (χ4v) is 4.09. The lowest BCUT2D eigenvalue weighted by molar-refractivity contribution is -0.113. The van der Waals surface area contributed by atoms with E-state index in [0.29, 0.717) is 45.5 Å². The third-order valence-corrected chi connectivity index (χ3v) is 6.20. The van der Waals surface area contributed by atoms with Crippen LogP contribution in [-0.2, 0) is 11.3 Å². The van der Waals surface area contributed by atoms with Crippen molar-refractivity contribution in [1.82, 2.24) is 14.8 Å². The average molecular weight is 489 g/mol. The lowest BCUT2D eigenvalue weighted by Crippen LogP contribution is -2.15. The van der Waals surface area contributed by atoms with Crippen LogP contribution >= 0.6 is 23.4 Å². The van der Waals surface area contributed by atoms with Gasteiger partial charge in [-0.15, -0.1) is 16.8 Å². The van der Waals surface area contributed by atoms with Crippen LogP contribution in [0.4, 0.5) is 5.69 Å². The molecule has 0 atom stereocenters. The number of aromatic nitrogens is 3. The van der Waals surface area contributed by atoms with Gasteiger partial charge in [0.2, 0.25) is 11.7 Å². The third-order valence-electron chi connectivity index (χ3n) is 4.83. The van der Waals surface area contributed by atoms with E-state index in [0.717, 1.165) is 11.1 Å². The molecule has 174 valence electrons. The van der Waals surface area contributed by atoms with E-state index in [4.69, 9.17) is 25.8 Å². The zero-order chi connectivity index (χ0) is 24.0. The van der Waals surface area contributed by atoms with E-state index in [9.17, 15) is 4.79 Å². The number of benzene rings is 2. The van der Waals surface area contributed by atoms with Crippen molar-refractivity contribution >= 4 is 35.0 Å². The molecule has 1 N–H and O–H groups in total. The Bertz CT molecular complexity index is 1140. The maximum Gasteiger partial charge on any atom is 0.234 e. The molecule has 0 bridgehead atoms. The van der Waals surface area contributed by atoms with Gasteiger partial charge in [0.25, 0.3) is 0 Å². The van der Waals surface area contributed by atoms with Crippen molar-refractivity contribution in [3.05, 3.63) is 53.6 Å². The molecule has 0 saturated heterocycles. The monoisotopic (exact) mass is 488 g/mol. The number of halogens is 1. The minimum Gasteiger partial charge on any atom is -0.493 e. The number of thioether (sulfide) groups is 1. The number of amides is 1. The van der Waals surface area contributed by atoms with Crippen LogP contribution in [-0.4, -0.2) is 47.8 Å². The molecule has 8 nitrogen and oxygen atoms in total. The minimum atomic E-state index is -0.173. The first-order chi connectivity index (χ1) is 15.9. The molecule has 3 rings (SSSR count). The second-order valence-corrected chi connectivity index (χ2v) is 8.22. The summed E-state index contributed by atoms with van der Waals surface area (Å²) in [5.41, 5.74) is 2.22. The molecule has 33 heavy (non-hydrogen) atoms. The van der Waals surface area contributed by atoms with E-state index in [2.05, 4.69) is 22.1 Å². The SMILES string of the molecule is C=CCn1c(SCC(=O)Nc2cccc(Cl)c2C)nnc1-c1cc(OC)c(OC)c(OC)c1. The van der Waals surface area contributed by atoms with Crippen molar-refractivity contribution in [2.45, 2.75) is 18.6 Å². The van der Waals surface area contributed by atoms with Crippen LogP contribution in [0.2, 0.25) is 5.02 Å². The average Bonchev–Trinajstić information content (AvgIpc) is 3.22. The molecule has 0 aliphatic carbocycles. The number of ether oxygens (including phenoxy) is 3. The number of carbonyl (C=O) groups is 1. The highest BCUT2D eigenvalue weighted by atomic mass is 35.5. The third kappa shape index (κ3) is 5.43. The first-order valence-corrected chi connectivity index (χ1v) is 11.3. The number of anilines is 1. The fraction of sp³-hybridized carbons (Fsp3) is 0.261. The van der Waals surface area contributed by atoms with E-state index in [1.165, 1.54) is 11.8 Å². The lowest BCUT2D eigenvalue weighted by Gasteiger charge is -2.14. The molecule has 2 aromatic carbocycles. The highest BCUT2D eigenvalue weighted by molar-refractivity contribution is 7.99. The van der Waals surface area contributed by atoms with Gasteiger partial charge in [0.05, 0.1) is 27.1 Å². The summed E-state index contributed by atoms with van der Waals surface area (Å²) >= 11 is 7.41. The van der Waals surface area contributed by atoms with Gasteiger partial charge in [-0.2, -0.15) is 0 Å². The van der Waals surface area contributed by atoms with Crippen LogP contribution in [0, 0.1) is 6.92 Å². The maximum atomic E-state index is 12.5. The Morgan fingerprint density at radius 2 is 1.88 bits per heavy atom. The molecule has 0 aliphatic rings. The predicted octanol–water partition coefficient (Wildman–Crippen LogP) is 4.85. The lowest BCUT2D eigenvalue weighted by atomic mass is 10.1. The molecule has 10 heteroatoms. The topological polar surface area (TPSA) is 87.5 Å². The number of hydrogen-bond donors (Lipinski definition) is 1. The van der Waals surface area contributed by atoms with Crippen molar-refractivity contribution in [3.8, 4) is 28.6 Å². The van der Waals surface area contributed by atoms with E-state index < -0.39 is 0 Å². The summed E-state index contributed by atoms with van der Waals surface area (Å²) < 4.78 is 18.2. The first kappa shape index (κ1) is 24.5. The molecule has 0 unspecified atom stereocenters. The van der Waals surface area contributed by atoms with Gasteiger partial charge in [-0.05, 0) is 36.8 Å². The van der Waals surface area contributed by atoms with Gasteiger partial charge in [-0.25, -0.2) is 0 Å². The Hall–Kier alpha value is -3.17. The second kappa shape index (κ2) is 11.1. The first-order valence-electron chi connectivity index (χ1n) is 9.95. The second-order valence-electron chi connectivity index (χ2n) is 6.87. The highest BCUT2D eigenvalue weighted by Crippen LogP contribution is 2.41. The van der Waals surface area contributed by atoms with Crippen molar-refractivity contribution in [2.24, 2.45) is 0 Å². The Morgan fingerprint density at radius 1 is 1.18 bits per heavy atom. The van der Waals surface area contributed by atoms with Gasteiger partial charge in [0.15, 0.2) is 22.5 Å². The summed E-state index contributed by atoms with van der Waals surface area (Å²) in [4.78, 5) is 12.5. The number of rotatable bonds is 10. The number of nitrogens with zero attached hydrogens (tertiary/aromatic N) is 3. The van der Waals surface area contributed by atoms with E-state index in [1.54, 1.807) is 51.7 Å². The number of nitrogens with one attached hydrogen (secondary N) is 1. The van der Waals surface area contributed by atoms with E-state index in [-0.39, 0.29) is 11.7 Å². The van der Waals surface area contributed by atoms with Crippen LogP contribution in [0.1, 0.15) is 5.56 Å². The zero-order valence-electron chi connectivity index (χ0n) is 18.8. The van der Waals surface area contributed by atoms with Gasteiger partial charge in [-0.3, -0.25) is 9.36 Å². The van der Waals surface area contributed by atoms with Gasteiger partial charge in [0, 0.05) is 22.8 Å². The molecule has 1 heterocycles. The molecule has 0 radical (unpaired) electrons. The quantitative estimate of drug-likeness (QED) is 0.322. The smallest absolute Gasteiger partial charge is 0.234 e. The van der Waals surface area contributed by atoms with Gasteiger partial charge >= 0.3 is 0 Å². The Kier molecular flexibility index (Phi) is 8.24. The summed E-state index contributed by atoms with van der Waals surface area (Å²) in [6.45, 7) is 6.14. The van der Waals surface area contributed by atoms with Crippen molar-refractivity contribution in [2.75, 3.05) is 32.4 Å².